The molecule has 0 bridgehead atoms. The topological polar surface area (TPSA) is 29.5 Å². The molecule has 1 N–H and O–H groups in total. The summed E-state index contributed by atoms with van der Waals surface area (Å²) in [6.45, 7) is 13.8. The van der Waals surface area contributed by atoms with Crippen molar-refractivity contribution in [1.82, 2.24) is 0 Å². The Kier molecular flexibility index (Phi) is 3.81. The summed E-state index contributed by atoms with van der Waals surface area (Å²) < 4.78 is 6.58. The van der Waals surface area contributed by atoms with Gasteiger partial charge < -0.3 is 9.84 Å². The summed E-state index contributed by atoms with van der Waals surface area (Å²) in [5.41, 5.74) is 0.224. The summed E-state index contributed by atoms with van der Waals surface area (Å²) in [4.78, 5) is 0. The standard InChI is InChI=1S/C20H34O2/c1-6-20(14-21)13-9-16-18(4)11-7-10-17(2,3)15(18)8-12-19(16,5)22-20/h6,15-16,21H,1,7-14H2,2-5H3/t15-,16+,18+,19-,20-/m0/s1. The lowest BCUT2D eigenvalue weighted by Gasteiger charge is -2.65. The molecule has 0 aromatic carbocycles. The van der Waals surface area contributed by atoms with E-state index in [2.05, 4.69) is 34.3 Å². The molecular formula is C20H34O2. The predicted octanol–water partition coefficient (Wildman–Crippen LogP) is 4.72. The van der Waals surface area contributed by atoms with E-state index in [0.717, 1.165) is 25.2 Å². The second-order valence-electron chi connectivity index (χ2n) is 9.37. The van der Waals surface area contributed by atoms with Gasteiger partial charge in [0.15, 0.2) is 0 Å². The van der Waals surface area contributed by atoms with Gasteiger partial charge in [-0.1, -0.05) is 33.3 Å². The van der Waals surface area contributed by atoms with Crippen LogP contribution in [0.25, 0.3) is 0 Å². The molecule has 1 heterocycles. The van der Waals surface area contributed by atoms with Gasteiger partial charge in [0.2, 0.25) is 0 Å². The van der Waals surface area contributed by atoms with Crippen molar-refractivity contribution in [2.45, 2.75) is 83.8 Å². The lowest BCUT2D eigenvalue weighted by molar-refractivity contribution is -0.263. The van der Waals surface area contributed by atoms with Crippen LogP contribution in [-0.4, -0.2) is 22.9 Å². The lowest BCUT2D eigenvalue weighted by Crippen LogP contribution is -2.63. The van der Waals surface area contributed by atoms with Crippen LogP contribution in [0.2, 0.25) is 0 Å². The zero-order valence-corrected chi connectivity index (χ0v) is 15.0. The molecule has 0 unspecified atom stereocenters. The molecule has 3 rings (SSSR count). The summed E-state index contributed by atoms with van der Waals surface area (Å²) in [5.74, 6) is 1.42. The third-order valence-corrected chi connectivity index (χ3v) is 7.67. The van der Waals surface area contributed by atoms with E-state index in [-0.39, 0.29) is 12.2 Å². The summed E-state index contributed by atoms with van der Waals surface area (Å²) in [7, 11) is 0. The van der Waals surface area contributed by atoms with Crippen molar-refractivity contribution in [2.24, 2.45) is 22.7 Å². The summed E-state index contributed by atoms with van der Waals surface area (Å²) >= 11 is 0. The first-order chi connectivity index (χ1) is 10.2. The zero-order valence-electron chi connectivity index (χ0n) is 15.0. The zero-order chi connectivity index (χ0) is 16.2. The highest BCUT2D eigenvalue weighted by molar-refractivity contribution is 5.13. The van der Waals surface area contributed by atoms with Crippen molar-refractivity contribution >= 4 is 0 Å². The Morgan fingerprint density at radius 3 is 2.36 bits per heavy atom. The fourth-order valence-corrected chi connectivity index (χ4v) is 6.59. The van der Waals surface area contributed by atoms with E-state index in [1.807, 2.05) is 6.08 Å². The number of aliphatic hydroxyl groups excluding tert-OH is 1. The Morgan fingerprint density at radius 1 is 1.05 bits per heavy atom. The minimum Gasteiger partial charge on any atom is -0.393 e. The molecule has 0 radical (unpaired) electrons. The van der Waals surface area contributed by atoms with Crippen molar-refractivity contribution in [2.75, 3.05) is 6.61 Å². The average molecular weight is 306 g/mol. The summed E-state index contributed by atoms with van der Waals surface area (Å²) in [5, 5.41) is 9.83. The molecule has 0 spiro atoms. The minimum atomic E-state index is -0.515. The van der Waals surface area contributed by atoms with Gasteiger partial charge in [0.1, 0.15) is 5.60 Å². The Balaban J connectivity index is 1.94. The smallest absolute Gasteiger partial charge is 0.110 e. The van der Waals surface area contributed by atoms with E-state index in [1.54, 1.807) is 0 Å². The molecule has 0 amide bonds. The number of fused-ring (bicyclic) bond motifs is 3. The molecule has 1 saturated heterocycles. The van der Waals surface area contributed by atoms with Gasteiger partial charge in [-0.3, -0.25) is 0 Å². The van der Waals surface area contributed by atoms with E-state index in [4.69, 9.17) is 4.74 Å². The third-order valence-electron chi connectivity index (χ3n) is 7.67. The first-order valence-corrected chi connectivity index (χ1v) is 9.16. The Hall–Kier alpha value is -0.340. The maximum Gasteiger partial charge on any atom is 0.110 e. The van der Waals surface area contributed by atoms with Crippen molar-refractivity contribution in [3.8, 4) is 0 Å². The molecular weight excluding hydrogens is 272 g/mol. The van der Waals surface area contributed by atoms with E-state index >= 15 is 0 Å². The highest BCUT2D eigenvalue weighted by Crippen LogP contribution is 2.65. The maximum absolute atomic E-state index is 9.83. The van der Waals surface area contributed by atoms with Crippen LogP contribution < -0.4 is 0 Å². The third kappa shape index (κ3) is 2.21. The van der Waals surface area contributed by atoms with Crippen LogP contribution in [-0.2, 0) is 4.74 Å². The summed E-state index contributed by atoms with van der Waals surface area (Å²) in [6, 6.07) is 0. The van der Waals surface area contributed by atoms with Crippen LogP contribution in [0, 0.1) is 22.7 Å². The molecule has 3 fully saturated rings. The minimum absolute atomic E-state index is 0.0600. The molecule has 126 valence electrons. The Morgan fingerprint density at radius 2 is 1.73 bits per heavy atom. The van der Waals surface area contributed by atoms with Crippen LogP contribution in [0.5, 0.6) is 0 Å². The van der Waals surface area contributed by atoms with Crippen LogP contribution >= 0.6 is 0 Å². The van der Waals surface area contributed by atoms with Gasteiger partial charge in [0.25, 0.3) is 0 Å². The van der Waals surface area contributed by atoms with E-state index in [9.17, 15) is 5.11 Å². The van der Waals surface area contributed by atoms with E-state index in [0.29, 0.717) is 16.7 Å². The van der Waals surface area contributed by atoms with Crippen LogP contribution in [0.4, 0.5) is 0 Å². The largest absolute Gasteiger partial charge is 0.393 e. The van der Waals surface area contributed by atoms with Crippen molar-refractivity contribution < 1.29 is 9.84 Å². The van der Waals surface area contributed by atoms with Gasteiger partial charge in [0.05, 0.1) is 12.2 Å². The molecule has 5 atom stereocenters. The molecule has 2 nitrogen and oxygen atoms in total. The highest BCUT2D eigenvalue weighted by atomic mass is 16.5. The lowest BCUT2D eigenvalue weighted by atomic mass is 9.44. The molecule has 2 aliphatic carbocycles. The Labute approximate surface area is 136 Å². The molecule has 3 aliphatic rings. The van der Waals surface area contributed by atoms with Crippen LogP contribution in [0.3, 0.4) is 0 Å². The van der Waals surface area contributed by atoms with Gasteiger partial charge >= 0.3 is 0 Å². The highest BCUT2D eigenvalue weighted by Gasteiger charge is 2.61. The van der Waals surface area contributed by atoms with Gasteiger partial charge in [-0.2, -0.15) is 0 Å². The number of aliphatic hydroxyl groups is 1. The fraction of sp³-hybridized carbons (Fsp3) is 0.900. The monoisotopic (exact) mass is 306 g/mol. The van der Waals surface area contributed by atoms with Crippen LogP contribution in [0.1, 0.15) is 72.6 Å². The number of ether oxygens (including phenoxy) is 1. The van der Waals surface area contributed by atoms with Crippen molar-refractivity contribution in [3.63, 3.8) is 0 Å². The SMILES string of the molecule is C=C[C@@]1(CO)CC[C@@H]2[C@]3(C)CCCC(C)(C)[C@@H]3CC[C@]2(C)O1. The number of rotatable bonds is 2. The molecule has 2 heteroatoms. The molecule has 0 aromatic heterocycles. The van der Waals surface area contributed by atoms with Crippen LogP contribution in [0.15, 0.2) is 12.7 Å². The molecule has 2 saturated carbocycles. The van der Waals surface area contributed by atoms with Crippen molar-refractivity contribution in [3.05, 3.63) is 12.7 Å². The van der Waals surface area contributed by atoms with E-state index < -0.39 is 5.60 Å². The Bertz CT molecular complexity index is 457. The van der Waals surface area contributed by atoms with Gasteiger partial charge in [-0.25, -0.2) is 0 Å². The average Bonchev–Trinajstić information content (AvgIpc) is 2.45. The fourth-order valence-electron chi connectivity index (χ4n) is 6.59. The first-order valence-electron chi connectivity index (χ1n) is 9.16. The molecule has 1 aliphatic heterocycles. The molecule has 22 heavy (non-hydrogen) atoms. The number of hydrogen-bond donors (Lipinski definition) is 1. The summed E-state index contributed by atoms with van der Waals surface area (Å²) in [6.07, 6.45) is 10.3. The quantitative estimate of drug-likeness (QED) is 0.748. The van der Waals surface area contributed by atoms with E-state index in [1.165, 1.54) is 25.7 Å². The van der Waals surface area contributed by atoms with Gasteiger partial charge in [0, 0.05) is 0 Å². The molecule has 0 aromatic rings. The number of hydrogen-bond acceptors (Lipinski definition) is 2. The predicted molar refractivity (Wildman–Crippen MR) is 90.7 cm³/mol. The second kappa shape index (κ2) is 5.08. The van der Waals surface area contributed by atoms with Gasteiger partial charge in [-0.05, 0) is 68.1 Å². The first kappa shape index (κ1) is 16.5. The normalized spacial score (nSPS) is 50.8. The van der Waals surface area contributed by atoms with Crippen molar-refractivity contribution in [1.29, 1.82) is 0 Å². The second-order valence-corrected chi connectivity index (χ2v) is 9.37. The maximum atomic E-state index is 9.83. The van der Waals surface area contributed by atoms with Gasteiger partial charge in [-0.15, -0.1) is 6.58 Å².